The van der Waals surface area contributed by atoms with Crippen molar-refractivity contribution >= 4 is 12.4 Å². The monoisotopic (exact) mass is 406 g/mol. The van der Waals surface area contributed by atoms with E-state index in [9.17, 15) is 0 Å². The summed E-state index contributed by atoms with van der Waals surface area (Å²) in [6.45, 7) is 4.97. The zero-order chi connectivity index (χ0) is 18.6. The molecule has 150 valence electrons. The molecule has 1 atom stereocenters. The summed E-state index contributed by atoms with van der Waals surface area (Å²) < 4.78 is 16.2. The minimum atomic E-state index is 0. The van der Waals surface area contributed by atoms with Gasteiger partial charge in [-0.3, -0.25) is 4.90 Å². The molecule has 1 fully saturated rings. The molecule has 0 spiro atoms. The van der Waals surface area contributed by atoms with Gasteiger partial charge in [-0.05, 0) is 31.3 Å². The van der Waals surface area contributed by atoms with E-state index in [1.807, 2.05) is 31.2 Å². The minimum Gasteiger partial charge on any atom is -0.485 e. The van der Waals surface area contributed by atoms with Crippen molar-refractivity contribution in [2.45, 2.75) is 26.0 Å². The Bertz CT molecular complexity index is 882. The van der Waals surface area contributed by atoms with E-state index >= 15 is 0 Å². The predicted molar refractivity (Wildman–Crippen MR) is 103 cm³/mol. The smallest absolute Gasteiger partial charge is 0.257 e. The maximum Gasteiger partial charge on any atom is 0.257 e. The van der Waals surface area contributed by atoms with Crippen molar-refractivity contribution in [2.24, 2.45) is 0 Å². The van der Waals surface area contributed by atoms with Crippen LogP contribution < -0.4 is 10.1 Å². The van der Waals surface area contributed by atoms with Gasteiger partial charge in [-0.1, -0.05) is 17.2 Å². The van der Waals surface area contributed by atoms with E-state index in [1.165, 1.54) is 0 Å². The molecule has 2 aromatic heterocycles. The highest BCUT2D eigenvalue weighted by atomic mass is 35.5. The van der Waals surface area contributed by atoms with Gasteiger partial charge in [0.1, 0.15) is 5.75 Å². The Balaban J connectivity index is 0.00000225. The molecule has 4 rings (SSSR count). The van der Waals surface area contributed by atoms with Crippen molar-refractivity contribution in [1.82, 2.24) is 30.5 Å². The normalized spacial score (nSPS) is 17.3. The highest BCUT2D eigenvalue weighted by molar-refractivity contribution is 5.85. The molecule has 3 heterocycles. The van der Waals surface area contributed by atoms with Crippen LogP contribution in [-0.4, -0.2) is 51.9 Å². The third kappa shape index (κ3) is 4.49. The zero-order valence-electron chi connectivity index (χ0n) is 15.8. The second-order valence-corrected chi connectivity index (χ2v) is 6.43. The standard InChI is InChI=1S/C18H22N6O3.ClH/c1-3-16-20-15(22-26-16)11-25-13-6-4-12(5-7-13)18-21-17(23-27-18)14-10-19-8-9-24(14)2;/h4-7,14,19H,3,8-11H2,1-2H3;1H. The number of hydrogen-bond acceptors (Lipinski definition) is 9. The fourth-order valence-corrected chi connectivity index (χ4v) is 2.92. The molecule has 0 radical (unpaired) electrons. The molecular formula is C18H23ClN6O3. The molecule has 0 aliphatic carbocycles. The maximum atomic E-state index is 5.69. The largest absolute Gasteiger partial charge is 0.485 e. The van der Waals surface area contributed by atoms with Gasteiger partial charge in [0, 0.05) is 31.6 Å². The first-order valence-electron chi connectivity index (χ1n) is 9.02. The highest BCUT2D eigenvalue weighted by Crippen LogP contribution is 2.24. The quantitative estimate of drug-likeness (QED) is 0.660. The van der Waals surface area contributed by atoms with Crippen LogP contribution in [0.5, 0.6) is 5.75 Å². The van der Waals surface area contributed by atoms with Gasteiger partial charge in [0.25, 0.3) is 5.89 Å². The lowest BCUT2D eigenvalue weighted by Crippen LogP contribution is -2.44. The summed E-state index contributed by atoms with van der Waals surface area (Å²) in [5.74, 6) is 3.04. The van der Waals surface area contributed by atoms with E-state index in [4.69, 9.17) is 13.8 Å². The minimum absolute atomic E-state index is 0. The number of likely N-dealkylation sites (N-methyl/N-ethyl adjacent to an activating group) is 1. The summed E-state index contributed by atoms with van der Waals surface area (Å²) in [6.07, 6.45) is 0.709. The van der Waals surface area contributed by atoms with Crippen molar-refractivity contribution in [3.63, 3.8) is 0 Å². The van der Waals surface area contributed by atoms with Crippen LogP contribution in [-0.2, 0) is 13.0 Å². The van der Waals surface area contributed by atoms with E-state index in [0.717, 1.165) is 25.2 Å². The number of ether oxygens (including phenoxy) is 1. The first kappa shape index (κ1) is 20.2. The molecule has 0 saturated carbocycles. The first-order valence-corrected chi connectivity index (χ1v) is 9.02. The molecule has 10 heteroatoms. The third-order valence-electron chi connectivity index (χ3n) is 4.53. The number of benzene rings is 1. The average molecular weight is 407 g/mol. The van der Waals surface area contributed by atoms with E-state index in [2.05, 4.69) is 37.5 Å². The number of nitrogens with zero attached hydrogens (tertiary/aromatic N) is 5. The molecule has 1 aliphatic heterocycles. The number of piperazine rings is 1. The summed E-state index contributed by atoms with van der Waals surface area (Å²) in [6, 6.07) is 7.62. The highest BCUT2D eigenvalue weighted by Gasteiger charge is 2.25. The van der Waals surface area contributed by atoms with Crippen LogP contribution >= 0.6 is 12.4 Å². The van der Waals surface area contributed by atoms with Gasteiger partial charge in [0.05, 0.1) is 6.04 Å². The lowest BCUT2D eigenvalue weighted by atomic mass is 10.2. The molecule has 28 heavy (non-hydrogen) atoms. The van der Waals surface area contributed by atoms with Crippen molar-refractivity contribution < 1.29 is 13.8 Å². The second kappa shape index (κ2) is 9.13. The number of nitrogens with one attached hydrogen (secondary N) is 1. The molecular weight excluding hydrogens is 384 g/mol. The number of rotatable bonds is 6. The topological polar surface area (TPSA) is 102 Å². The van der Waals surface area contributed by atoms with E-state index in [1.54, 1.807) is 0 Å². The van der Waals surface area contributed by atoms with Crippen LogP contribution in [0.15, 0.2) is 33.3 Å². The summed E-state index contributed by atoms with van der Waals surface area (Å²) >= 11 is 0. The Kier molecular flexibility index (Phi) is 6.61. The van der Waals surface area contributed by atoms with Gasteiger partial charge in [-0.2, -0.15) is 9.97 Å². The zero-order valence-corrected chi connectivity index (χ0v) is 16.6. The van der Waals surface area contributed by atoms with Crippen LogP contribution in [0.3, 0.4) is 0 Å². The summed E-state index contributed by atoms with van der Waals surface area (Å²) in [5, 5.41) is 11.4. The number of halogens is 1. The fraction of sp³-hybridized carbons (Fsp3) is 0.444. The van der Waals surface area contributed by atoms with Gasteiger partial charge in [0.15, 0.2) is 12.4 Å². The maximum absolute atomic E-state index is 5.69. The molecule has 0 bridgehead atoms. The molecule has 0 amide bonds. The van der Waals surface area contributed by atoms with Crippen molar-refractivity contribution in [3.05, 3.63) is 41.8 Å². The molecule has 1 aromatic carbocycles. The number of hydrogen-bond donors (Lipinski definition) is 1. The van der Waals surface area contributed by atoms with Crippen LogP contribution in [0, 0.1) is 0 Å². The first-order chi connectivity index (χ1) is 13.2. The van der Waals surface area contributed by atoms with Crippen LogP contribution in [0.2, 0.25) is 0 Å². The second-order valence-electron chi connectivity index (χ2n) is 6.43. The van der Waals surface area contributed by atoms with Crippen molar-refractivity contribution in [1.29, 1.82) is 0 Å². The lowest BCUT2D eigenvalue weighted by Gasteiger charge is -2.30. The molecule has 1 N–H and O–H groups in total. The van der Waals surface area contributed by atoms with Crippen molar-refractivity contribution in [3.8, 4) is 17.2 Å². The summed E-state index contributed by atoms with van der Waals surface area (Å²) in [5.41, 5.74) is 0.848. The molecule has 3 aromatic rings. The van der Waals surface area contributed by atoms with Crippen molar-refractivity contribution in [2.75, 3.05) is 26.7 Å². The van der Waals surface area contributed by atoms with Gasteiger partial charge >= 0.3 is 0 Å². The Morgan fingerprint density at radius 3 is 2.71 bits per heavy atom. The fourth-order valence-electron chi connectivity index (χ4n) is 2.92. The van der Waals surface area contributed by atoms with Crippen LogP contribution in [0.1, 0.15) is 30.5 Å². The Morgan fingerprint density at radius 2 is 2.00 bits per heavy atom. The van der Waals surface area contributed by atoms with Gasteiger partial charge in [-0.25, -0.2) is 0 Å². The number of aryl methyl sites for hydroxylation is 1. The predicted octanol–water partition coefficient (Wildman–Crippen LogP) is 2.26. The summed E-state index contributed by atoms with van der Waals surface area (Å²) in [4.78, 5) is 11.0. The lowest BCUT2D eigenvalue weighted by molar-refractivity contribution is 0.190. The van der Waals surface area contributed by atoms with Gasteiger partial charge < -0.3 is 19.1 Å². The summed E-state index contributed by atoms with van der Waals surface area (Å²) in [7, 11) is 2.07. The van der Waals surface area contributed by atoms with Gasteiger partial charge in [-0.15, -0.1) is 12.4 Å². The Morgan fingerprint density at radius 1 is 1.18 bits per heavy atom. The third-order valence-corrected chi connectivity index (χ3v) is 4.53. The van der Waals surface area contributed by atoms with E-state index in [0.29, 0.717) is 35.6 Å². The van der Waals surface area contributed by atoms with E-state index in [-0.39, 0.29) is 25.1 Å². The molecule has 1 unspecified atom stereocenters. The Hall–Kier alpha value is -2.49. The Labute approximate surface area is 168 Å². The van der Waals surface area contributed by atoms with Crippen LogP contribution in [0.4, 0.5) is 0 Å². The molecule has 1 aliphatic rings. The number of aromatic nitrogens is 4. The van der Waals surface area contributed by atoms with Gasteiger partial charge in [0.2, 0.25) is 11.7 Å². The average Bonchev–Trinajstić information content (AvgIpc) is 3.37. The molecule has 1 saturated heterocycles. The van der Waals surface area contributed by atoms with Crippen LogP contribution in [0.25, 0.3) is 11.5 Å². The molecule has 9 nitrogen and oxygen atoms in total. The SMILES string of the molecule is CCc1nc(COc2ccc(-c3nc(C4CNCCN4C)no3)cc2)no1.Cl. The van der Waals surface area contributed by atoms with E-state index < -0.39 is 0 Å².